The lowest BCUT2D eigenvalue weighted by Crippen LogP contribution is -2.46. The summed E-state index contributed by atoms with van der Waals surface area (Å²) >= 11 is 0. The topological polar surface area (TPSA) is 36.4 Å². The summed E-state index contributed by atoms with van der Waals surface area (Å²) in [6.07, 6.45) is 3.03. The number of nitrogens with zero attached hydrogens (tertiary/aromatic N) is 3. The molecule has 1 saturated heterocycles. The highest BCUT2D eigenvalue weighted by atomic mass is 16.2. The van der Waals surface area contributed by atoms with Gasteiger partial charge < -0.3 is 4.90 Å². The van der Waals surface area contributed by atoms with Gasteiger partial charge in [-0.05, 0) is 44.0 Å². The van der Waals surface area contributed by atoms with Gasteiger partial charge in [-0.15, -0.1) is 0 Å². The second-order valence-electron chi connectivity index (χ2n) is 6.65. The zero-order valence-electron chi connectivity index (χ0n) is 13.3. The fourth-order valence-electron chi connectivity index (χ4n) is 3.38. The van der Waals surface area contributed by atoms with Crippen molar-refractivity contribution in [3.63, 3.8) is 0 Å². The number of aromatic nitrogens is 1. The van der Waals surface area contributed by atoms with Crippen molar-refractivity contribution in [3.8, 4) is 0 Å². The Morgan fingerprint density at radius 3 is 2.81 bits per heavy atom. The average Bonchev–Trinajstić information content (AvgIpc) is 2.91. The van der Waals surface area contributed by atoms with Crippen molar-refractivity contribution in [2.24, 2.45) is 0 Å². The maximum Gasteiger partial charge on any atom is 0.240 e. The summed E-state index contributed by atoms with van der Waals surface area (Å²) in [5, 5.41) is 0. The van der Waals surface area contributed by atoms with Gasteiger partial charge in [-0.25, -0.2) is 0 Å². The van der Waals surface area contributed by atoms with Crippen LogP contribution in [0.5, 0.6) is 0 Å². The van der Waals surface area contributed by atoms with Crippen molar-refractivity contribution in [1.82, 2.24) is 14.8 Å². The van der Waals surface area contributed by atoms with E-state index < -0.39 is 0 Å². The molecule has 4 heteroatoms. The number of hydrogen-bond acceptors (Lipinski definition) is 3. The van der Waals surface area contributed by atoms with Crippen molar-refractivity contribution in [1.29, 1.82) is 0 Å². The molecule has 114 valence electrons. The van der Waals surface area contributed by atoms with Crippen molar-refractivity contribution < 1.29 is 4.79 Å². The number of pyridine rings is 1. The highest BCUT2D eigenvalue weighted by Crippen LogP contribution is 2.24. The van der Waals surface area contributed by atoms with Gasteiger partial charge in [0.1, 0.15) is 0 Å². The predicted molar refractivity (Wildman–Crippen MR) is 83.1 cm³/mol. The fraction of sp³-hybridized carbons (Fsp3) is 0.647. The zero-order valence-corrected chi connectivity index (χ0v) is 13.3. The first-order valence-electron chi connectivity index (χ1n) is 8.04. The predicted octanol–water partition coefficient (Wildman–Crippen LogP) is 2.18. The molecule has 1 unspecified atom stereocenters. The molecule has 21 heavy (non-hydrogen) atoms. The maximum atomic E-state index is 12.7. The van der Waals surface area contributed by atoms with Gasteiger partial charge in [-0.2, -0.15) is 0 Å². The van der Waals surface area contributed by atoms with Crippen LogP contribution in [0.15, 0.2) is 12.1 Å². The number of amides is 1. The lowest BCUT2D eigenvalue weighted by Gasteiger charge is -2.32. The molecule has 1 fully saturated rings. The zero-order chi connectivity index (χ0) is 15.0. The number of likely N-dealkylation sites (tertiary alicyclic amines) is 1. The van der Waals surface area contributed by atoms with Crippen LogP contribution >= 0.6 is 0 Å². The van der Waals surface area contributed by atoms with E-state index in [1.807, 2.05) is 4.90 Å². The summed E-state index contributed by atoms with van der Waals surface area (Å²) in [4.78, 5) is 21.6. The van der Waals surface area contributed by atoms with Gasteiger partial charge in [-0.3, -0.25) is 14.7 Å². The number of fused-ring (bicyclic) bond motifs is 1. The van der Waals surface area contributed by atoms with Crippen LogP contribution in [0.3, 0.4) is 0 Å². The smallest absolute Gasteiger partial charge is 0.240 e. The Bertz CT molecular complexity index is 541. The first-order chi connectivity index (χ1) is 10.1. The Kier molecular flexibility index (Phi) is 3.98. The molecule has 3 rings (SSSR count). The molecule has 0 N–H and O–H groups in total. The number of carbonyl (C=O) groups is 1. The molecular weight excluding hydrogens is 262 g/mol. The minimum atomic E-state index is 0.0921. The van der Waals surface area contributed by atoms with Gasteiger partial charge >= 0.3 is 0 Å². The molecule has 0 radical (unpaired) electrons. The maximum absolute atomic E-state index is 12.7. The molecule has 3 heterocycles. The summed E-state index contributed by atoms with van der Waals surface area (Å²) in [5.74, 6) is 0.760. The molecule has 0 aromatic carbocycles. The molecule has 1 amide bonds. The summed E-state index contributed by atoms with van der Waals surface area (Å²) in [5.41, 5.74) is 3.56. The SMILES string of the molecule is CC(C)c1ccc2c(n1)CCN(C(=O)C1CCCN1C)C2. The highest BCUT2D eigenvalue weighted by molar-refractivity contribution is 5.82. The van der Waals surface area contributed by atoms with Crippen LogP contribution in [0.1, 0.15) is 49.6 Å². The molecule has 1 aromatic rings. The number of carbonyl (C=O) groups excluding carboxylic acids is 1. The van der Waals surface area contributed by atoms with E-state index in [0.717, 1.165) is 44.6 Å². The highest BCUT2D eigenvalue weighted by Gasteiger charge is 2.32. The molecule has 0 saturated carbocycles. The minimum absolute atomic E-state index is 0.0921. The molecule has 0 spiro atoms. The van der Waals surface area contributed by atoms with Crippen LogP contribution in [-0.4, -0.2) is 46.9 Å². The second-order valence-corrected chi connectivity index (χ2v) is 6.65. The molecular formula is C17H25N3O. The van der Waals surface area contributed by atoms with E-state index in [1.54, 1.807) is 0 Å². The third kappa shape index (κ3) is 2.82. The van der Waals surface area contributed by atoms with Crippen molar-refractivity contribution >= 4 is 5.91 Å². The summed E-state index contributed by atoms with van der Waals surface area (Å²) in [6.45, 7) is 6.92. The Labute approximate surface area is 127 Å². The van der Waals surface area contributed by atoms with Gasteiger partial charge in [-0.1, -0.05) is 19.9 Å². The van der Waals surface area contributed by atoms with Crippen molar-refractivity contribution in [3.05, 3.63) is 29.1 Å². The minimum Gasteiger partial charge on any atom is -0.337 e. The largest absolute Gasteiger partial charge is 0.337 e. The Morgan fingerprint density at radius 2 is 2.14 bits per heavy atom. The Hall–Kier alpha value is -1.42. The van der Waals surface area contributed by atoms with Gasteiger partial charge in [0.25, 0.3) is 0 Å². The van der Waals surface area contributed by atoms with Crippen LogP contribution in [0.2, 0.25) is 0 Å². The third-order valence-corrected chi connectivity index (χ3v) is 4.78. The molecule has 4 nitrogen and oxygen atoms in total. The summed E-state index contributed by atoms with van der Waals surface area (Å²) < 4.78 is 0. The summed E-state index contributed by atoms with van der Waals surface area (Å²) in [6, 6.07) is 4.36. The van der Waals surface area contributed by atoms with E-state index in [4.69, 9.17) is 4.98 Å². The standard InChI is InChI=1S/C17H25N3O/c1-12(2)14-7-6-13-11-20(10-8-15(13)18-14)17(21)16-5-4-9-19(16)3/h6-7,12,16H,4-5,8-11H2,1-3H3. The van der Waals surface area contributed by atoms with Crippen LogP contribution < -0.4 is 0 Å². The normalized spacial score (nSPS) is 22.7. The van der Waals surface area contributed by atoms with Crippen LogP contribution in [-0.2, 0) is 17.8 Å². The third-order valence-electron chi connectivity index (χ3n) is 4.78. The second kappa shape index (κ2) is 5.76. The lowest BCUT2D eigenvalue weighted by molar-refractivity contribution is -0.136. The Morgan fingerprint density at radius 1 is 1.33 bits per heavy atom. The van der Waals surface area contributed by atoms with Crippen LogP contribution in [0.4, 0.5) is 0 Å². The molecule has 1 aromatic heterocycles. The Balaban J connectivity index is 1.74. The molecule has 0 aliphatic carbocycles. The van der Waals surface area contributed by atoms with E-state index in [1.165, 1.54) is 11.3 Å². The van der Waals surface area contributed by atoms with E-state index in [2.05, 4.69) is 37.9 Å². The first kappa shape index (κ1) is 14.5. The number of hydrogen-bond donors (Lipinski definition) is 0. The van der Waals surface area contributed by atoms with E-state index >= 15 is 0 Å². The first-order valence-corrected chi connectivity index (χ1v) is 8.04. The van der Waals surface area contributed by atoms with Gasteiger partial charge in [0.05, 0.1) is 6.04 Å². The quantitative estimate of drug-likeness (QED) is 0.836. The van der Waals surface area contributed by atoms with Crippen LogP contribution in [0, 0.1) is 0 Å². The number of rotatable bonds is 2. The van der Waals surface area contributed by atoms with Crippen molar-refractivity contribution in [2.75, 3.05) is 20.1 Å². The van der Waals surface area contributed by atoms with Gasteiger partial charge in [0, 0.05) is 30.9 Å². The van der Waals surface area contributed by atoms with Crippen molar-refractivity contribution in [2.45, 2.75) is 51.6 Å². The molecule has 0 bridgehead atoms. The van der Waals surface area contributed by atoms with Gasteiger partial charge in [0.15, 0.2) is 0 Å². The average molecular weight is 287 g/mol. The number of likely N-dealkylation sites (N-methyl/N-ethyl adjacent to an activating group) is 1. The molecule has 2 aliphatic rings. The fourth-order valence-corrected chi connectivity index (χ4v) is 3.38. The monoisotopic (exact) mass is 287 g/mol. The van der Waals surface area contributed by atoms with Crippen LogP contribution in [0.25, 0.3) is 0 Å². The van der Waals surface area contributed by atoms with E-state index in [-0.39, 0.29) is 6.04 Å². The van der Waals surface area contributed by atoms with Gasteiger partial charge in [0.2, 0.25) is 5.91 Å². The summed E-state index contributed by atoms with van der Waals surface area (Å²) in [7, 11) is 2.06. The van der Waals surface area contributed by atoms with E-state index in [0.29, 0.717) is 11.8 Å². The molecule has 1 atom stereocenters. The lowest BCUT2D eigenvalue weighted by atomic mass is 10.0. The molecule has 2 aliphatic heterocycles. The van der Waals surface area contributed by atoms with E-state index in [9.17, 15) is 4.79 Å².